The summed E-state index contributed by atoms with van der Waals surface area (Å²) in [4.78, 5) is 28.1. The van der Waals surface area contributed by atoms with Crippen LogP contribution in [0.2, 0.25) is 0 Å². The van der Waals surface area contributed by atoms with Crippen molar-refractivity contribution in [2.45, 2.75) is 49.6 Å². The van der Waals surface area contributed by atoms with E-state index < -0.39 is 45.9 Å². The van der Waals surface area contributed by atoms with Gasteiger partial charge in [-0.25, -0.2) is 21.9 Å². The van der Waals surface area contributed by atoms with Gasteiger partial charge < -0.3 is 15.5 Å². The average Bonchev–Trinajstić information content (AvgIpc) is 2.85. The van der Waals surface area contributed by atoms with Gasteiger partial charge >= 0.3 is 0 Å². The zero-order valence-corrected chi connectivity index (χ0v) is 22.1. The van der Waals surface area contributed by atoms with E-state index >= 15 is 0 Å². The molecule has 3 rings (SSSR count). The number of nitrogens with one attached hydrogen (secondary N) is 3. The number of nitrogens with zero attached hydrogens (tertiary/aromatic N) is 1. The standard InChI is InChI=1S/C26H34F2N4O4S/c1-26(2,17-27)31-37(35,36)22-10-8-21(9-11-22)29-25(34)23(16-18-12-14-32(3)15-13-18)30-24(33)19-4-6-20(28)7-5-19/h4-11,18,23,31H,12-17H2,1-3H3,(H,29,34)(H,30,33)/t23-/m0/s1. The van der Waals surface area contributed by atoms with Crippen LogP contribution in [0, 0.1) is 11.7 Å². The maximum atomic E-state index is 13.3. The molecule has 1 aliphatic heterocycles. The maximum absolute atomic E-state index is 13.3. The second-order valence-corrected chi connectivity index (χ2v) is 11.8. The first-order valence-corrected chi connectivity index (χ1v) is 13.6. The molecule has 2 aromatic rings. The second-order valence-electron chi connectivity index (χ2n) is 10.2. The first-order chi connectivity index (χ1) is 17.4. The van der Waals surface area contributed by atoms with Crippen LogP contribution >= 0.6 is 0 Å². The molecule has 11 heteroatoms. The van der Waals surface area contributed by atoms with Crippen molar-refractivity contribution in [2.75, 3.05) is 32.1 Å². The van der Waals surface area contributed by atoms with Crippen LogP contribution in [-0.4, -0.2) is 63.5 Å². The minimum absolute atomic E-state index is 0.0699. The number of likely N-dealkylation sites (tertiary alicyclic amines) is 1. The third-order valence-corrected chi connectivity index (χ3v) is 8.03. The predicted octanol–water partition coefficient (Wildman–Crippen LogP) is 3.32. The van der Waals surface area contributed by atoms with Gasteiger partial charge in [0.05, 0.1) is 10.4 Å². The number of alkyl halides is 1. The number of sulfonamides is 1. The number of carbonyl (C=O) groups is 2. The minimum Gasteiger partial charge on any atom is -0.340 e. The summed E-state index contributed by atoms with van der Waals surface area (Å²) in [5.74, 6) is -1.17. The third-order valence-electron chi connectivity index (χ3n) is 6.31. The second kappa shape index (κ2) is 12.1. The highest BCUT2D eigenvalue weighted by atomic mass is 32.2. The average molecular weight is 537 g/mol. The van der Waals surface area contributed by atoms with Crippen molar-refractivity contribution in [3.8, 4) is 0 Å². The molecule has 202 valence electrons. The Labute approximate surface area is 216 Å². The van der Waals surface area contributed by atoms with Crippen molar-refractivity contribution in [1.29, 1.82) is 0 Å². The highest BCUT2D eigenvalue weighted by Crippen LogP contribution is 2.23. The van der Waals surface area contributed by atoms with Crippen LogP contribution < -0.4 is 15.4 Å². The highest BCUT2D eigenvalue weighted by Gasteiger charge is 2.28. The zero-order chi connectivity index (χ0) is 27.2. The Hall–Kier alpha value is -2.89. The number of piperidine rings is 1. The Bertz CT molecular complexity index is 1180. The smallest absolute Gasteiger partial charge is 0.251 e. The predicted molar refractivity (Wildman–Crippen MR) is 138 cm³/mol. The number of hydrogen-bond acceptors (Lipinski definition) is 5. The van der Waals surface area contributed by atoms with Crippen molar-refractivity contribution < 1.29 is 26.8 Å². The highest BCUT2D eigenvalue weighted by molar-refractivity contribution is 7.89. The topological polar surface area (TPSA) is 108 Å². The summed E-state index contributed by atoms with van der Waals surface area (Å²) in [6, 6.07) is 9.72. The van der Waals surface area contributed by atoms with Gasteiger partial charge in [-0.05, 0) is 108 Å². The van der Waals surface area contributed by atoms with Gasteiger partial charge in [0.1, 0.15) is 18.5 Å². The Balaban J connectivity index is 1.73. The molecular formula is C26H34F2N4O4S. The molecule has 1 heterocycles. The number of rotatable bonds is 10. The Morgan fingerprint density at radius 2 is 1.65 bits per heavy atom. The fourth-order valence-electron chi connectivity index (χ4n) is 4.10. The van der Waals surface area contributed by atoms with Crippen molar-refractivity contribution in [1.82, 2.24) is 14.9 Å². The summed E-state index contributed by atoms with van der Waals surface area (Å²) in [5, 5.41) is 5.52. The lowest BCUT2D eigenvalue weighted by Crippen LogP contribution is -2.46. The molecular weight excluding hydrogens is 502 g/mol. The van der Waals surface area contributed by atoms with E-state index in [1.54, 1.807) is 0 Å². The molecule has 8 nitrogen and oxygen atoms in total. The van der Waals surface area contributed by atoms with Gasteiger partial charge in [-0.3, -0.25) is 9.59 Å². The maximum Gasteiger partial charge on any atom is 0.251 e. The summed E-state index contributed by atoms with van der Waals surface area (Å²) in [7, 11) is -1.92. The zero-order valence-electron chi connectivity index (χ0n) is 21.3. The summed E-state index contributed by atoms with van der Waals surface area (Å²) >= 11 is 0. The van der Waals surface area contributed by atoms with Crippen LogP contribution in [0.15, 0.2) is 53.4 Å². The number of hydrogen-bond donors (Lipinski definition) is 3. The van der Waals surface area contributed by atoms with Crippen LogP contribution in [0.4, 0.5) is 14.5 Å². The molecule has 0 saturated carbocycles. The Kier molecular flexibility index (Phi) is 9.38. The molecule has 1 aliphatic rings. The molecule has 37 heavy (non-hydrogen) atoms. The lowest BCUT2D eigenvalue weighted by Gasteiger charge is -2.31. The normalized spacial score (nSPS) is 16.2. The van der Waals surface area contributed by atoms with Gasteiger partial charge in [0.2, 0.25) is 15.9 Å². The van der Waals surface area contributed by atoms with Gasteiger partial charge in [-0.15, -0.1) is 0 Å². The molecule has 0 aliphatic carbocycles. The number of benzene rings is 2. The SMILES string of the molecule is CN1CCC(C[C@H](NC(=O)c2ccc(F)cc2)C(=O)Nc2ccc(S(=O)(=O)NC(C)(C)CF)cc2)CC1. The van der Waals surface area contributed by atoms with Crippen molar-refractivity contribution in [2.24, 2.45) is 5.92 Å². The molecule has 1 saturated heterocycles. The fourth-order valence-corrected chi connectivity index (χ4v) is 5.50. The van der Waals surface area contributed by atoms with Crippen molar-refractivity contribution in [3.63, 3.8) is 0 Å². The first-order valence-electron chi connectivity index (χ1n) is 12.1. The summed E-state index contributed by atoms with van der Waals surface area (Å²) < 4.78 is 53.7. The van der Waals surface area contributed by atoms with Crippen molar-refractivity contribution in [3.05, 3.63) is 59.9 Å². The number of anilines is 1. The van der Waals surface area contributed by atoms with Crippen LogP contribution in [0.5, 0.6) is 0 Å². The lowest BCUT2D eigenvalue weighted by molar-refractivity contribution is -0.118. The van der Waals surface area contributed by atoms with Gasteiger partial charge in [-0.2, -0.15) is 0 Å². The van der Waals surface area contributed by atoms with Crippen molar-refractivity contribution >= 4 is 27.5 Å². The van der Waals surface area contributed by atoms with E-state index in [4.69, 9.17) is 0 Å². The lowest BCUT2D eigenvalue weighted by atomic mass is 9.90. The van der Waals surface area contributed by atoms with E-state index in [1.165, 1.54) is 62.4 Å². The third kappa shape index (κ3) is 8.31. The number of halogens is 2. The summed E-state index contributed by atoms with van der Waals surface area (Å²) in [5.41, 5.74) is -0.672. The van der Waals surface area contributed by atoms with E-state index in [-0.39, 0.29) is 16.4 Å². The molecule has 0 bridgehead atoms. The molecule has 0 aromatic heterocycles. The number of amides is 2. The van der Waals surface area contributed by atoms with Crippen LogP contribution in [0.25, 0.3) is 0 Å². The largest absolute Gasteiger partial charge is 0.340 e. The fraction of sp³-hybridized carbons (Fsp3) is 0.462. The van der Waals surface area contributed by atoms with Gasteiger partial charge in [0.25, 0.3) is 5.91 Å². The molecule has 2 aromatic carbocycles. The van der Waals surface area contributed by atoms with Gasteiger partial charge in [0, 0.05) is 11.3 Å². The van der Waals surface area contributed by atoms with Gasteiger partial charge in [-0.1, -0.05) is 0 Å². The van der Waals surface area contributed by atoms with E-state index in [2.05, 4.69) is 20.3 Å². The number of carbonyl (C=O) groups excluding carboxylic acids is 2. The first kappa shape index (κ1) is 28.7. The molecule has 0 spiro atoms. The van der Waals surface area contributed by atoms with Gasteiger partial charge in [0.15, 0.2) is 0 Å². The van der Waals surface area contributed by atoms with E-state index in [0.29, 0.717) is 12.1 Å². The Morgan fingerprint density at radius 1 is 1.05 bits per heavy atom. The molecule has 1 fully saturated rings. The molecule has 3 N–H and O–H groups in total. The Morgan fingerprint density at radius 3 is 2.22 bits per heavy atom. The molecule has 1 atom stereocenters. The van der Waals surface area contributed by atoms with E-state index in [9.17, 15) is 26.8 Å². The molecule has 2 amide bonds. The van der Waals surface area contributed by atoms with E-state index in [0.717, 1.165) is 25.9 Å². The van der Waals surface area contributed by atoms with Crippen LogP contribution in [-0.2, 0) is 14.8 Å². The molecule has 0 unspecified atom stereocenters. The quantitative estimate of drug-likeness (QED) is 0.432. The minimum atomic E-state index is -3.96. The molecule has 0 radical (unpaired) electrons. The van der Waals surface area contributed by atoms with Crippen LogP contribution in [0.3, 0.4) is 0 Å². The summed E-state index contributed by atoms with van der Waals surface area (Å²) in [6.07, 6.45) is 2.21. The monoisotopic (exact) mass is 536 g/mol. The van der Waals surface area contributed by atoms with Crippen LogP contribution in [0.1, 0.15) is 43.5 Å². The van der Waals surface area contributed by atoms with E-state index in [1.807, 2.05) is 7.05 Å². The summed E-state index contributed by atoms with van der Waals surface area (Å²) in [6.45, 7) is 3.79.